The summed E-state index contributed by atoms with van der Waals surface area (Å²) < 4.78 is 0. The van der Waals surface area contributed by atoms with E-state index in [1.807, 2.05) is 36.4 Å². The highest BCUT2D eigenvalue weighted by molar-refractivity contribution is 5.99. The van der Waals surface area contributed by atoms with Gasteiger partial charge in [-0.1, -0.05) is 42.5 Å². The number of nitrogens with zero attached hydrogens (tertiary/aromatic N) is 2. The monoisotopic (exact) mass is 424 g/mol. The molecule has 3 aromatic rings. The summed E-state index contributed by atoms with van der Waals surface area (Å²) in [7, 11) is 0. The first kappa shape index (κ1) is 22.3. The summed E-state index contributed by atoms with van der Waals surface area (Å²) in [6.07, 6.45) is -3.29. The van der Waals surface area contributed by atoms with Crippen molar-refractivity contribution in [3.05, 3.63) is 77.9 Å². The lowest BCUT2D eigenvalue weighted by Crippen LogP contribution is -2.34. The van der Waals surface area contributed by atoms with Crippen molar-refractivity contribution in [1.82, 2.24) is 15.4 Å². The van der Waals surface area contributed by atoms with Crippen molar-refractivity contribution in [3.63, 3.8) is 0 Å². The second-order valence-electron chi connectivity index (χ2n) is 6.96. The van der Waals surface area contributed by atoms with Crippen LogP contribution < -0.4 is 5.43 Å². The average molecular weight is 424 g/mol. The van der Waals surface area contributed by atoms with Crippen molar-refractivity contribution in [2.24, 2.45) is 5.10 Å². The van der Waals surface area contributed by atoms with Gasteiger partial charge in [-0.2, -0.15) is 5.10 Å². The number of carbonyl (C=O) groups excluding carboxylic acids is 1. The number of amides is 1. The molecule has 0 fully saturated rings. The lowest BCUT2D eigenvalue weighted by Gasteiger charge is -2.20. The first-order valence-electron chi connectivity index (χ1n) is 9.61. The lowest BCUT2D eigenvalue weighted by atomic mass is 10.0. The second kappa shape index (κ2) is 10.1. The Morgan fingerprint density at radius 3 is 2.52 bits per heavy atom. The molecule has 3 atom stereocenters. The maximum absolute atomic E-state index is 12.5. The number of nitrogens with one attached hydrogen (secondary N) is 2. The highest BCUT2D eigenvalue weighted by Gasteiger charge is 2.27. The lowest BCUT2D eigenvalue weighted by molar-refractivity contribution is -0.0788. The van der Waals surface area contributed by atoms with Gasteiger partial charge >= 0.3 is 0 Å². The van der Waals surface area contributed by atoms with Crippen molar-refractivity contribution in [3.8, 4) is 11.1 Å². The average Bonchev–Trinajstić information content (AvgIpc) is 3.32. The van der Waals surface area contributed by atoms with Gasteiger partial charge in [-0.05, 0) is 30.2 Å². The van der Waals surface area contributed by atoms with E-state index in [1.165, 1.54) is 6.20 Å². The molecule has 0 saturated carbocycles. The van der Waals surface area contributed by atoms with Crippen LogP contribution in [0.15, 0.2) is 65.9 Å². The Kier molecular flexibility index (Phi) is 7.27. The highest BCUT2D eigenvalue weighted by Crippen LogP contribution is 2.20. The minimum absolute atomic E-state index is 0.131. The molecule has 6 N–H and O–H groups in total. The Morgan fingerprint density at radius 2 is 1.81 bits per heavy atom. The Bertz CT molecular complexity index is 1050. The number of hydrazone groups is 1. The van der Waals surface area contributed by atoms with Gasteiger partial charge in [-0.25, -0.2) is 10.4 Å². The summed E-state index contributed by atoms with van der Waals surface area (Å²) in [6, 6.07) is 16.8. The molecular formula is C22H24N4O5. The van der Waals surface area contributed by atoms with Crippen LogP contribution in [-0.4, -0.2) is 60.8 Å². The number of hydrogen-bond acceptors (Lipinski definition) is 7. The molecule has 162 valence electrons. The molecule has 0 aliphatic heterocycles. The molecule has 0 unspecified atom stereocenters. The molecule has 0 saturated heterocycles. The Morgan fingerprint density at radius 1 is 1.10 bits per heavy atom. The molecule has 3 rings (SSSR count). The Hall–Kier alpha value is -3.37. The standard InChI is InChI=1S/C22H24N4O5/c1-13(21-23-11-17(24-21)19(29)20(30)18(28)12-27)25-26-22(31)16-9-5-8-15(10-16)14-6-3-2-4-7-14/h2-11,18-20,27-30H,12H2,1H3,(H,23,24)(H,26,31)/t18-,19-,20-/m1/s1. The van der Waals surface area contributed by atoms with Crippen LogP contribution in [0, 0.1) is 0 Å². The number of rotatable bonds is 8. The van der Waals surface area contributed by atoms with Gasteiger partial charge in [0, 0.05) is 5.56 Å². The zero-order valence-electron chi connectivity index (χ0n) is 16.8. The van der Waals surface area contributed by atoms with Crippen molar-refractivity contribution < 1.29 is 25.2 Å². The predicted molar refractivity (Wildman–Crippen MR) is 114 cm³/mol. The third-order valence-electron chi connectivity index (χ3n) is 4.72. The number of aromatic amines is 1. The van der Waals surface area contributed by atoms with Crippen LogP contribution in [0.3, 0.4) is 0 Å². The maximum atomic E-state index is 12.5. The summed E-state index contributed by atoms with van der Waals surface area (Å²) >= 11 is 0. The molecule has 31 heavy (non-hydrogen) atoms. The van der Waals surface area contributed by atoms with Gasteiger partial charge in [0.2, 0.25) is 0 Å². The van der Waals surface area contributed by atoms with Gasteiger partial charge in [-0.3, -0.25) is 4.79 Å². The summed E-state index contributed by atoms with van der Waals surface area (Å²) in [4.78, 5) is 19.3. The third kappa shape index (κ3) is 5.41. The normalized spacial score (nSPS) is 14.7. The number of aromatic nitrogens is 2. The summed E-state index contributed by atoms with van der Waals surface area (Å²) in [5, 5.41) is 42.2. The summed E-state index contributed by atoms with van der Waals surface area (Å²) in [5.74, 6) is -0.136. The van der Waals surface area contributed by atoms with E-state index >= 15 is 0 Å². The second-order valence-corrected chi connectivity index (χ2v) is 6.96. The number of carbonyl (C=O) groups is 1. The minimum Gasteiger partial charge on any atom is -0.394 e. The number of benzene rings is 2. The zero-order chi connectivity index (χ0) is 22.4. The van der Waals surface area contributed by atoms with Crippen LogP contribution in [0.4, 0.5) is 0 Å². The number of aliphatic hydroxyl groups excluding tert-OH is 4. The fourth-order valence-electron chi connectivity index (χ4n) is 2.89. The van der Waals surface area contributed by atoms with Gasteiger partial charge < -0.3 is 25.4 Å². The number of H-pyrrole nitrogens is 1. The molecule has 9 heteroatoms. The van der Waals surface area contributed by atoms with E-state index in [-0.39, 0.29) is 11.5 Å². The molecule has 1 heterocycles. The smallest absolute Gasteiger partial charge is 0.271 e. The van der Waals surface area contributed by atoms with Gasteiger partial charge in [-0.15, -0.1) is 0 Å². The van der Waals surface area contributed by atoms with Crippen molar-refractivity contribution >= 4 is 11.6 Å². The predicted octanol–water partition coefficient (Wildman–Crippen LogP) is 0.978. The minimum atomic E-state index is -1.59. The fourth-order valence-corrected chi connectivity index (χ4v) is 2.89. The SMILES string of the molecule is CC(=NNC(=O)c1cccc(-c2ccccc2)c1)c1ncc([C@@H](O)[C@H](O)[C@H](O)CO)[nH]1. The molecule has 9 nitrogen and oxygen atoms in total. The number of aliphatic hydroxyl groups is 4. The summed E-state index contributed by atoms with van der Waals surface area (Å²) in [5.41, 5.74) is 5.27. The molecule has 0 aliphatic rings. The van der Waals surface area contributed by atoms with E-state index < -0.39 is 30.8 Å². The summed E-state index contributed by atoms with van der Waals surface area (Å²) in [6.45, 7) is 0.909. The molecule has 1 aromatic heterocycles. The van der Waals surface area contributed by atoms with Crippen LogP contribution in [0.25, 0.3) is 11.1 Å². The van der Waals surface area contributed by atoms with Crippen LogP contribution in [-0.2, 0) is 0 Å². The molecular weight excluding hydrogens is 400 g/mol. The van der Waals surface area contributed by atoms with Gasteiger partial charge in [0.1, 0.15) is 24.0 Å². The van der Waals surface area contributed by atoms with E-state index in [2.05, 4.69) is 20.5 Å². The van der Waals surface area contributed by atoms with E-state index in [0.29, 0.717) is 11.3 Å². The largest absolute Gasteiger partial charge is 0.394 e. The first-order valence-corrected chi connectivity index (χ1v) is 9.61. The van der Waals surface area contributed by atoms with Gasteiger partial charge in [0.05, 0.1) is 18.5 Å². The molecule has 0 radical (unpaired) electrons. The molecule has 0 spiro atoms. The topological polar surface area (TPSA) is 151 Å². The van der Waals surface area contributed by atoms with Crippen molar-refractivity contribution in [1.29, 1.82) is 0 Å². The van der Waals surface area contributed by atoms with Gasteiger partial charge in [0.25, 0.3) is 5.91 Å². The van der Waals surface area contributed by atoms with Crippen LogP contribution >= 0.6 is 0 Å². The number of hydrogen-bond donors (Lipinski definition) is 6. The molecule has 0 bridgehead atoms. The molecule has 2 aromatic carbocycles. The first-order chi connectivity index (χ1) is 14.9. The van der Waals surface area contributed by atoms with Crippen LogP contribution in [0.2, 0.25) is 0 Å². The van der Waals surface area contributed by atoms with Gasteiger partial charge in [0.15, 0.2) is 5.82 Å². The van der Waals surface area contributed by atoms with Crippen LogP contribution in [0.1, 0.15) is 34.9 Å². The Labute approximate surface area is 178 Å². The fraction of sp³-hybridized carbons (Fsp3) is 0.227. The quantitative estimate of drug-likeness (QED) is 0.234. The highest BCUT2D eigenvalue weighted by atomic mass is 16.4. The van der Waals surface area contributed by atoms with E-state index in [0.717, 1.165) is 11.1 Å². The third-order valence-corrected chi connectivity index (χ3v) is 4.72. The Balaban J connectivity index is 1.68. The van der Waals surface area contributed by atoms with Crippen molar-refractivity contribution in [2.75, 3.05) is 6.61 Å². The number of imidazole rings is 1. The zero-order valence-corrected chi connectivity index (χ0v) is 16.8. The maximum Gasteiger partial charge on any atom is 0.271 e. The van der Waals surface area contributed by atoms with Crippen molar-refractivity contribution in [2.45, 2.75) is 25.2 Å². The van der Waals surface area contributed by atoms with E-state index in [1.54, 1.807) is 25.1 Å². The molecule has 1 amide bonds. The molecule has 0 aliphatic carbocycles. The van der Waals surface area contributed by atoms with E-state index in [4.69, 9.17) is 5.11 Å². The van der Waals surface area contributed by atoms with E-state index in [9.17, 15) is 20.1 Å². The van der Waals surface area contributed by atoms with Crippen LogP contribution in [0.5, 0.6) is 0 Å².